The normalized spacial score (nSPS) is 26.5. The van der Waals surface area contributed by atoms with E-state index in [1.807, 2.05) is 12.3 Å². The number of amidine groups is 1. The Morgan fingerprint density at radius 2 is 2.12 bits per heavy atom. The van der Waals surface area contributed by atoms with Crippen LogP contribution < -0.4 is 5.32 Å². The maximum absolute atomic E-state index is 13.6. The van der Waals surface area contributed by atoms with Gasteiger partial charge in [-0.15, -0.1) is 0 Å². The van der Waals surface area contributed by atoms with E-state index in [1.165, 1.54) is 6.07 Å². The van der Waals surface area contributed by atoms with Crippen LogP contribution in [0.2, 0.25) is 0 Å². The fraction of sp³-hybridized carbons (Fsp3) is 0.522. The number of nitriles is 1. The van der Waals surface area contributed by atoms with Gasteiger partial charge in [0, 0.05) is 51.0 Å². The molecule has 4 aliphatic rings. The molecule has 4 heterocycles. The van der Waals surface area contributed by atoms with Crippen molar-refractivity contribution in [2.45, 2.75) is 32.4 Å². The lowest BCUT2D eigenvalue weighted by Crippen LogP contribution is -2.50. The number of aliphatic imine (C=N–C) groups is 1. The summed E-state index contributed by atoms with van der Waals surface area (Å²) in [6.07, 6.45) is 3.93. The van der Waals surface area contributed by atoms with Gasteiger partial charge >= 0.3 is 6.03 Å². The van der Waals surface area contributed by atoms with Gasteiger partial charge in [0.1, 0.15) is 24.4 Å². The second kappa shape index (κ2) is 8.52. The predicted octanol–water partition coefficient (Wildman–Crippen LogP) is 2.44. The molecule has 1 N–H and O–H groups in total. The molecule has 2 atom stereocenters. The highest BCUT2D eigenvalue weighted by Gasteiger charge is 2.40. The topological polar surface area (TPSA) is 84.2 Å². The standard InChI is InChI=1S/C23H27FN6O2/c1-15-10-28(11-16-2-3-20(24)17(8-16)9-25)12-19(15)22-26-21-13-29(14-30(21)23(31)27-22)18-4-6-32-7-5-18/h2-3,8,13,15,18-19H,4-7,10-12,14H2,1H3,(H,26,27,31). The average Bonchev–Trinajstić information content (AvgIpc) is 3.39. The maximum Gasteiger partial charge on any atom is 0.329 e. The fourth-order valence-corrected chi connectivity index (χ4v) is 5.06. The van der Waals surface area contributed by atoms with E-state index >= 15 is 0 Å². The summed E-state index contributed by atoms with van der Waals surface area (Å²) >= 11 is 0. The highest BCUT2D eigenvalue weighted by Crippen LogP contribution is 2.30. The Kier molecular flexibility index (Phi) is 5.57. The fourth-order valence-electron chi connectivity index (χ4n) is 5.06. The van der Waals surface area contributed by atoms with Crippen LogP contribution in [0.5, 0.6) is 0 Å². The van der Waals surface area contributed by atoms with Crippen LogP contribution in [-0.2, 0) is 11.3 Å². The number of likely N-dealkylation sites (tertiary alicyclic amines) is 1. The SMILES string of the molecule is CC1CN(Cc2ccc(F)c(C#N)c2)CC1C1=NC2=CN(C3CCOCC3)CN2C(=O)N1. The Morgan fingerprint density at radius 1 is 1.31 bits per heavy atom. The molecule has 0 bridgehead atoms. The smallest absolute Gasteiger partial charge is 0.329 e. The molecule has 168 valence electrons. The van der Waals surface area contributed by atoms with Crippen molar-refractivity contribution < 1.29 is 13.9 Å². The minimum atomic E-state index is -0.493. The Balaban J connectivity index is 1.29. The lowest BCUT2D eigenvalue weighted by molar-refractivity contribution is 0.0459. The number of carbonyl (C=O) groups excluding carboxylic acids is 1. The molecule has 8 nitrogen and oxygen atoms in total. The van der Waals surface area contributed by atoms with Crippen LogP contribution in [0.3, 0.4) is 0 Å². The first-order valence-corrected chi connectivity index (χ1v) is 11.1. The number of ether oxygens (including phenoxy) is 1. The van der Waals surface area contributed by atoms with Crippen LogP contribution in [0.25, 0.3) is 0 Å². The van der Waals surface area contributed by atoms with E-state index in [4.69, 9.17) is 15.0 Å². The lowest BCUT2D eigenvalue weighted by atomic mass is 9.96. The number of rotatable bonds is 4. The molecule has 2 amide bonds. The molecular weight excluding hydrogens is 411 g/mol. The van der Waals surface area contributed by atoms with E-state index < -0.39 is 5.82 Å². The third kappa shape index (κ3) is 3.96. The van der Waals surface area contributed by atoms with E-state index in [1.54, 1.807) is 17.0 Å². The molecular formula is C23H27FN6O2. The van der Waals surface area contributed by atoms with Crippen molar-refractivity contribution in [2.24, 2.45) is 16.8 Å². The zero-order valence-corrected chi connectivity index (χ0v) is 18.1. The summed E-state index contributed by atoms with van der Waals surface area (Å²) < 4.78 is 19.1. The van der Waals surface area contributed by atoms with E-state index in [2.05, 4.69) is 22.0 Å². The molecule has 9 heteroatoms. The number of hydrogen-bond donors (Lipinski definition) is 1. The zero-order valence-electron chi connectivity index (χ0n) is 18.1. The third-order valence-corrected chi connectivity index (χ3v) is 6.83. The monoisotopic (exact) mass is 438 g/mol. The van der Waals surface area contributed by atoms with Crippen molar-refractivity contribution >= 4 is 11.9 Å². The Hall–Kier alpha value is -2.96. The van der Waals surface area contributed by atoms with Crippen LogP contribution in [0, 0.1) is 29.0 Å². The molecule has 32 heavy (non-hydrogen) atoms. The summed E-state index contributed by atoms with van der Waals surface area (Å²) in [6, 6.07) is 6.83. The van der Waals surface area contributed by atoms with Crippen molar-refractivity contribution in [1.29, 1.82) is 5.26 Å². The van der Waals surface area contributed by atoms with Gasteiger partial charge in [0.2, 0.25) is 0 Å². The van der Waals surface area contributed by atoms with Gasteiger partial charge in [-0.3, -0.25) is 15.1 Å². The average molecular weight is 439 g/mol. The number of urea groups is 1. The molecule has 2 unspecified atom stereocenters. The first kappa shape index (κ1) is 20.9. The van der Waals surface area contributed by atoms with Gasteiger partial charge in [-0.1, -0.05) is 13.0 Å². The molecule has 2 saturated heterocycles. The number of nitrogens with zero attached hydrogens (tertiary/aromatic N) is 5. The minimum absolute atomic E-state index is 0.0672. The van der Waals surface area contributed by atoms with Gasteiger partial charge in [0.15, 0.2) is 5.82 Å². The van der Waals surface area contributed by atoms with E-state index in [9.17, 15) is 9.18 Å². The zero-order chi connectivity index (χ0) is 22.2. The van der Waals surface area contributed by atoms with Crippen molar-refractivity contribution in [2.75, 3.05) is 33.0 Å². The molecule has 4 aliphatic heterocycles. The molecule has 1 aromatic rings. The van der Waals surface area contributed by atoms with Crippen LogP contribution in [-0.4, -0.2) is 65.6 Å². The van der Waals surface area contributed by atoms with E-state index in [0.717, 1.165) is 50.5 Å². The van der Waals surface area contributed by atoms with Crippen LogP contribution >= 0.6 is 0 Å². The summed E-state index contributed by atoms with van der Waals surface area (Å²) in [7, 11) is 0. The van der Waals surface area contributed by atoms with Crippen LogP contribution in [0.4, 0.5) is 9.18 Å². The largest absolute Gasteiger partial charge is 0.381 e. The molecule has 5 rings (SSSR count). The Morgan fingerprint density at radius 3 is 2.91 bits per heavy atom. The summed E-state index contributed by atoms with van der Waals surface area (Å²) in [4.78, 5) is 23.8. The van der Waals surface area contributed by atoms with Crippen molar-refractivity contribution in [3.05, 3.63) is 47.2 Å². The number of fused-ring (bicyclic) bond motifs is 1. The molecule has 0 aliphatic carbocycles. The van der Waals surface area contributed by atoms with Gasteiger partial charge in [0.25, 0.3) is 0 Å². The number of hydrogen-bond acceptors (Lipinski definition) is 6. The summed E-state index contributed by atoms with van der Waals surface area (Å²) in [5.41, 5.74) is 0.972. The summed E-state index contributed by atoms with van der Waals surface area (Å²) in [5.74, 6) is 1.35. The number of carbonyl (C=O) groups is 1. The molecule has 1 aromatic carbocycles. The minimum Gasteiger partial charge on any atom is -0.381 e. The highest BCUT2D eigenvalue weighted by molar-refractivity contribution is 6.02. The molecule has 0 saturated carbocycles. The van der Waals surface area contributed by atoms with Gasteiger partial charge < -0.3 is 9.64 Å². The molecule has 0 aromatic heterocycles. The summed E-state index contributed by atoms with van der Waals surface area (Å²) in [5, 5.41) is 12.1. The highest BCUT2D eigenvalue weighted by atomic mass is 19.1. The van der Waals surface area contributed by atoms with Crippen molar-refractivity contribution in [3.8, 4) is 6.07 Å². The lowest BCUT2D eigenvalue weighted by Gasteiger charge is -2.32. The van der Waals surface area contributed by atoms with Gasteiger partial charge in [-0.25, -0.2) is 14.2 Å². The first-order chi connectivity index (χ1) is 15.5. The van der Waals surface area contributed by atoms with Crippen molar-refractivity contribution in [1.82, 2.24) is 20.0 Å². The van der Waals surface area contributed by atoms with Crippen LogP contribution in [0.1, 0.15) is 30.9 Å². The number of halogens is 1. The Bertz CT molecular complexity index is 1010. The van der Waals surface area contributed by atoms with Gasteiger partial charge in [-0.2, -0.15) is 5.26 Å². The third-order valence-electron chi connectivity index (χ3n) is 6.83. The van der Waals surface area contributed by atoms with E-state index in [-0.39, 0.29) is 17.5 Å². The molecule has 0 spiro atoms. The number of amides is 2. The van der Waals surface area contributed by atoms with Gasteiger partial charge in [-0.05, 0) is 36.5 Å². The first-order valence-electron chi connectivity index (χ1n) is 11.1. The Labute approximate surface area is 186 Å². The molecule has 2 fully saturated rings. The number of benzene rings is 1. The van der Waals surface area contributed by atoms with Crippen molar-refractivity contribution in [3.63, 3.8) is 0 Å². The summed E-state index contributed by atoms with van der Waals surface area (Å²) in [6.45, 7) is 6.42. The quantitative estimate of drug-likeness (QED) is 0.781. The van der Waals surface area contributed by atoms with E-state index in [0.29, 0.717) is 31.0 Å². The molecule has 0 radical (unpaired) electrons. The second-order valence-electron chi connectivity index (χ2n) is 9.05. The second-order valence-corrected chi connectivity index (χ2v) is 9.05. The maximum atomic E-state index is 13.6. The van der Waals surface area contributed by atoms with Crippen LogP contribution in [0.15, 0.2) is 35.2 Å². The van der Waals surface area contributed by atoms with Gasteiger partial charge in [0.05, 0.1) is 5.56 Å². The number of nitrogens with one attached hydrogen (secondary N) is 1. The predicted molar refractivity (Wildman–Crippen MR) is 115 cm³/mol.